The van der Waals surface area contributed by atoms with E-state index in [2.05, 4.69) is 14.7 Å². The first kappa shape index (κ1) is 32.0. The van der Waals surface area contributed by atoms with Gasteiger partial charge in [0, 0.05) is 38.2 Å². The molecule has 1 aromatic carbocycles. The Kier molecular flexibility index (Phi) is 8.89. The summed E-state index contributed by atoms with van der Waals surface area (Å²) in [5.41, 5.74) is -4.41. The van der Waals surface area contributed by atoms with Gasteiger partial charge in [-0.15, -0.1) is 4.36 Å². The van der Waals surface area contributed by atoms with Crippen LogP contribution in [0.4, 0.5) is 38.1 Å². The number of pyridine rings is 1. The second kappa shape index (κ2) is 11.4. The maximum absolute atomic E-state index is 14.5. The zero-order chi connectivity index (χ0) is 31.0. The second-order valence-corrected chi connectivity index (χ2v) is 12.3. The molecule has 2 amide bonds. The Morgan fingerprint density at radius 3 is 2.39 bits per heavy atom. The lowest BCUT2D eigenvalue weighted by atomic mass is 9.92. The fourth-order valence-corrected chi connectivity index (χ4v) is 5.38. The molecule has 3 rings (SSSR count). The Morgan fingerprint density at radius 2 is 1.83 bits per heavy atom. The van der Waals surface area contributed by atoms with Crippen LogP contribution in [-0.4, -0.2) is 71.6 Å². The number of anilines is 2. The molecular weight excluding hydrogens is 579 g/mol. The van der Waals surface area contributed by atoms with Crippen LogP contribution in [0.2, 0.25) is 0 Å². The maximum atomic E-state index is 14.5. The van der Waals surface area contributed by atoms with E-state index in [9.17, 15) is 35.8 Å². The smallest absolute Gasteiger partial charge is 0.442 e. The molecule has 1 aromatic heterocycles. The van der Waals surface area contributed by atoms with E-state index in [4.69, 9.17) is 14.2 Å². The third-order valence-corrected chi connectivity index (χ3v) is 7.64. The van der Waals surface area contributed by atoms with Gasteiger partial charge in [-0.2, -0.15) is 17.6 Å². The minimum absolute atomic E-state index is 0.134. The molecule has 1 fully saturated rings. The number of benzene rings is 1. The molecule has 0 bridgehead atoms. The van der Waals surface area contributed by atoms with Crippen LogP contribution < -0.4 is 15.0 Å². The summed E-state index contributed by atoms with van der Waals surface area (Å²) in [6, 6.07) is 1.84. The fraction of sp³-hybridized carbons (Fsp3) is 0.480. The molecule has 0 aliphatic carbocycles. The van der Waals surface area contributed by atoms with Crippen molar-refractivity contribution in [1.82, 2.24) is 4.98 Å². The largest absolute Gasteiger partial charge is 0.491 e. The van der Waals surface area contributed by atoms with E-state index in [0.717, 1.165) is 43.7 Å². The van der Waals surface area contributed by atoms with Crippen LogP contribution in [0.5, 0.6) is 5.75 Å². The van der Waals surface area contributed by atoms with E-state index in [1.165, 1.54) is 6.07 Å². The molecule has 0 saturated carbocycles. The average Bonchev–Trinajstić information content (AvgIpc) is 3.25. The molecular formula is C25H29F5N4O6S. The highest BCUT2D eigenvalue weighted by atomic mass is 32.2. The number of aromatic nitrogens is 1. The highest BCUT2D eigenvalue weighted by Gasteiger charge is 2.67. The summed E-state index contributed by atoms with van der Waals surface area (Å²) in [4.78, 5) is 30.5. The van der Waals surface area contributed by atoms with Crippen LogP contribution in [0.25, 0.3) is 0 Å². The molecule has 1 N–H and O–H groups in total. The third kappa shape index (κ3) is 6.53. The summed E-state index contributed by atoms with van der Waals surface area (Å²) in [5, 5.41) is 2.06. The van der Waals surface area contributed by atoms with Gasteiger partial charge in [-0.1, -0.05) is 0 Å². The number of nitrogens with one attached hydrogen (secondary N) is 1. The summed E-state index contributed by atoms with van der Waals surface area (Å²) < 4.78 is 103. The Bertz CT molecular complexity index is 1450. The lowest BCUT2D eigenvalue weighted by molar-refractivity contribution is -0.269. The highest BCUT2D eigenvalue weighted by Crippen LogP contribution is 2.48. The van der Waals surface area contributed by atoms with Gasteiger partial charge in [0.15, 0.2) is 17.2 Å². The van der Waals surface area contributed by atoms with Crippen molar-refractivity contribution in [1.29, 1.82) is 0 Å². The normalized spacial score (nSPS) is 20.8. The van der Waals surface area contributed by atoms with Gasteiger partial charge in [0.25, 0.3) is 0 Å². The molecule has 2 aromatic rings. The number of ether oxygens (including phenoxy) is 3. The van der Waals surface area contributed by atoms with Crippen molar-refractivity contribution >= 4 is 33.1 Å². The van der Waals surface area contributed by atoms with E-state index in [1.807, 2.05) is 0 Å². The first-order valence-corrected chi connectivity index (χ1v) is 13.9. The number of carbonyl (C=O) groups is 2. The van der Waals surface area contributed by atoms with Gasteiger partial charge in [0.1, 0.15) is 26.4 Å². The van der Waals surface area contributed by atoms with Crippen molar-refractivity contribution in [3.63, 3.8) is 0 Å². The lowest BCUT2D eigenvalue weighted by Gasteiger charge is -2.38. The number of nitrogens with zero attached hydrogens (tertiary/aromatic N) is 3. The van der Waals surface area contributed by atoms with E-state index < -0.39 is 75.5 Å². The van der Waals surface area contributed by atoms with Gasteiger partial charge in [0.2, 0.25) is 11.7 Å². The molecule has 226 valence electrons. The maximum Gasteiger partial charge on any atom is 0.442 e. The van der Waals surface area contributed by atoms with E-state index in [1.54, 1.807) is 20.8 Å². The predicted molar refractivity (Wildman–Crippen MR) is 138 cm³/mol. The molecule has 41 heavy (non-hydrogen) atoms. The minimum Gasteiger partial charge on any atom is -0.491 e. The highest BCUT2D eigenvalue weighted by molar-refractivity contribution is 7.93. The fourth-order valence-electron chi connectivity index (χ4n) is 4.36. The first-order chi connectivity index (χ1) is 18.9. The molecule has 1 aliphatic heterocycles. The quantitative estimate of drug-likeness (QED) is 0.459. The minimum atomic E-state index is -5.07. The topological polar surface area (TPSA) is 119 Å². The van der Waals surface area contributed by atoms with Gasteiger partial charge in [-0.05, 0) is 45.0 Å². The average molecular weight is 609 g/mol. The van der Waals surface area contributed by atoms with Crippen molar-refractivity contribution in [2.24, 2.45) is 4.36 Å². The number of hydrogen-bond donors (Lipinski definition) is 1. The van der Waals surface area contributed by atoms with Gasteiger partial charge < -0.3 is 24.4 Å². The Labute approximate surface area is 233 Å². The first-order valence-electron chi connectivity index (χ1n) is 12.0. The van der Waals surface area contributed by atoms with Crippen LogP contribution in [0.1, 0.15) is 27.2 Å². The number of hydrogen-bond acceptors (Lipinski definition) is 8. The molecule has 16 heteroatoms. The van der Waals surface area contributed by atoms with Crippen LogP contribution in [0, 0.1) is 11.6 Å². The summed E-state index contributed by atoms with van der Waals surface area (Å²) in [6.07, 6.45) is -4.72. The van der Waals surface area contributed by atoms with Crippen LogP contribution in [0.3, 0.4) is 0 Å². The van der Waals surface area contributed by atoms with Crippen LogP contribution in [0.15, 0.2) is 39.9 Å². The van der Waals surface area contributed by atoms with E-state index in [-0.39, 0.29) is 16.4 Å². The lowest BCUT2D eigenvalue weighted by Crippen LogP contribution is -2.61. The van der Waals surface area contributed by atoms with Crippen molar-refractivity contribution < 1.29 is 50.0 Å². The zero-order valence-electron chi connectivity index (χ0n) is 23.0. The van der Waals surface area contributed by atoms with Crippen LogP contribution >= 0.6 is 0 Å². The van der Waals surface area contributed by atoms with Crippen molar-refractivity contribution in [2.75, 3.05) is 37.2 Å². The third-order valence-electron chi connectivity index (χ3n) is 6.15. The van der Waals surface area contributed by atoms with Crippen LogP contribution in [-0.2, 0) is 24.0 Å². The molecule has 0 spiro atoms. The zero-order valence-corrected chi connectivity index (χ0v) is 23.8. The number of carbonyl (C=O) groups excluding carboxylic acids is 2. The van der Waals surface area contributed by atoms with Gasteiger partial charge >= 0.3 is 12.3 Å². The van der Waals surface area contributed by atoms with Gasteiger partial charge in [-0.3, -0.25) is 4.79 Å². The number of methoxy groups -OCH3 is 2. The van der Waals surface area contributed by atoms with Crippen molar-refractivity contribution in [3.8, 4) is 5.75 Å². The second-order valence-electron chi connectivity index (χ2n) is 10.1. The molecule has 2 unspecified atom stereocenters. The van der Waals surface area contributed by atoms with Crippen molar-refractivity contribution in [3.05, 3.63) is 42.1 Å². The van der Waals surface area contributed by atoms with Gasteiger partial charge in [-0.25, -0.2) is 18.4 Å². The summed E-state index contributed by atoms with van der Waals surface area (Å²) in [5.74, 6) is -4.69. The Hall–Kier alpha value is -3.53. The number of halogens is 5. The number of amides is 2. The monoisotopic (exact) mass is 608 g/mol. The molecule has 1 saturated heterocycles. The number of rotatable bonds is 6. The predicted octanol–water partition coefficient (Wildman–Crippen LogP) is 4.93. The molecule has 3 atom stereocenters. The van der Waals surface area contributed by atoms with E-state index >= 15 is 0 Å². The Balaban J connectivity index is 2.05. The summed E-state index contributed by atoms with van der Waals surface area (Å²) in [6.45, 7) is 4.30. The van der Waals surface area contributed by atoms with Crippen molar-refractivity contribution in [2.45, 2.75) is 55.6 Å². The SMILES string of the molecule is COc1c(N2CCC(OC)(C(F)(F)F)C2C(=O)Nc2ccnc([S@@](C)(=O)=NC(=O)OC(C)(C)C)c2)ccc(F)c1F. The molecule has 10 nitrogen and oxygen atoms in total. The van der Waals surface area contributed by atoms with E-state index in [0.29, 0.717) is 6.07 Å². The van der Waals surface area contributed by atoms with Gasteiger partial charge in [0.05, 0.1) is 12.8 Å². The summed E-state index contributed by atoms with van der Waals surface area (Å²) in [7, 11) is -1.71. The Morgan fingerprint density at radius 1 is 1.17 bits per heavy atom. The summed E-state index contributed by atoms with van der Waals surface area (Å²) >= 11 is 0. The molecule has 1 aliphatic rings. The standard InChI is InChI=1S/C25H29F5N4O6S/c1-23(2,3)40-22(36)33-41(6,37)17-13-14(9-11-31-17)32-21(35)20-24(39-5,25(28,29)30)10-12-34(20)16-8-7-15(26)18(27)19(16)38-4/h7-9,11,13,20H,10,12H2,1-6H3,(H,31,32,35)/t20?,24?,41-/m1/s1. The number of alkyl halides is 3. The molecule has 0 radical (unpaired) electrons. The molecule has 2 heterocycles.